The molecule has 1 saturated carbocycles. The van der Waals surface area contributed by atoms with Crippen molar-refractivity contribution in [2.24, 2.45) is 28.6 Å². The minimum Gasteiger partial charge on any atom is -0.459 e. The van der Waals surface area contributed by atoms with Crippen molar-refractivity contribution in [2.45, 2.75) is 70.4 Å². The normalized spacial score (nSPS) is 50.0. The van der Waals surface area contributed by atoms with Crippen LogP contribution in [0.5, 0.6) is 0 Å². The number of piperidine rings is 1. The summed E-state index contributed by atoms with van der Waals surface area (Å²) in [5.74, 6) is 1.000. The Balaban J connectivity index is 1.56. The lowest BCUT2D eigenvalue weighted by Crippen LogP contribution is -2.60. The molecule has 0 unspecified atom stereocenters. The van der Waals surface area contributed by atoms with E-state index in [9.17, 15) is 14.7 Å². The maximum absolute atomic E-state index is 13.4. The number of hydrogen-bond acceptors (Lipinski definition) is 5. The molecule has 0 aromatic rings. The molecule has 0 radical (unpaired) electrons. The molecule has 28 heavy (non-hydrogen) atoms. The Morgan fingerprint density at radius 2 is 2.11 bits per heavy atom. The molecule has 4 fully saturated rings. The summed E-state index contributed by atoms with van der Waals surface area (Å²) in [5.41, 5.74) is -1.38. The number of nitrogens with zero attached hydrogens (tertiary/aromatic N) is 1. The van der Waals surface area contributed by atoms with Crippen molar-refractivity contribution in [3.8, 4) is 0 Å². The van der Waals surface area contributed by atoms with Crippen LogP contribution < -0.4 is 0 Å². The number of aliphatic hydroxyl groups excluding tert-OH is 1. The second kappa shape index (κ2) is 6.15. The molecule has 1 N–H and O–H groups in total. The van der Waals surface area contributed by atoms with Gasteiger partial charge in [0, 0.05) is 42.9 Å². The van der Waals surface area contributed by atoms with E-state index in [4.69, 9.17) is 4.74 Å². The van der Waals surface area contributed by atoms with E-state index in [0.29, 0.717) is 31.1 Å². The van der Waals surface area contributed by atoms with E-state index in [0.717, 1.165) is 25.9 Å². The molecule has 5 nitrogen and oxygen atoms in total. The first kappa shape index (κ1) is 18.8. The maximum atomic E-state index is 13.4. The van der Waals surface area contributed by atoms with Gasteiger partial charge in [0.15, 0.2) is 5.78 Å². The zero-order valence-corrected chi connectivity index (χ0v) is 17.2. The zero-order valence-electron chi connectivity index (χ0n) is 17.2. The minimum atomic E-state index is -0.712. The fourth-order valence-corrected chi connectivity index (χ4v) is 7.75. The Morgan fingerprint density at radius 3 is 2.82 bits per heavy atom. The first-order valence-corrected chi connectivity index (χ1v) is 11.1. The van der Waals surface area contributed by atoms with Crippen molar-refractivity contribution < 1.29 is 19.4 Å². The summed E-state index contributed by atoms with van der Waals surface area (Å²) in [7, 11) is 0. The van der Waals surface area contributed by atoms with Crippen LogP contribution in [-0.4, -0.2) is 53.1 Å². The Morgan fingerprint density at radius 1 is 1.29 bits per heavy atom. The summed E-state index contributed by atoms with van der Waals surface area (Å²) in [5, 5.41) is 10.8. The summed E-state index contributed by atoms with van der Waals surface area (Å²) < 4.78 is 5.98. The predicted octanol–water partition coefficient (Wildman–Crippen LogP) is 2.72. The van der Waals surface area contributed by atoms with Crippen LogP contribution in [-0.2, 0) is 14.3 Å². The molecule has 0 amide bonds. The van der Waals surface area contributed by atoms with Gasteiger partial charge in [-0.2, -0.15) is 0 Å². The standard InChI is InChI=1S/C23H33NO4/c1-15-11-24-12-17(8-7-16-5-3-4-6-16)22(14-25)13-23(24,19(15)27)20-21(22,2)10-9-18(26)28-20/h3,5,15-17,20,25H,4,6-14H2,1-2H3/t15-,16-,17-,20+,21-,22-,23-/m1/s1. The van der Waals surface area contributed by atoms with E-state index in [1.54, 1.807) is 0 Å². The molecule has 154 valence electrons. The average molecular weight is 388 g/mol. The molecule has 2 aliphatic carbocycles. The second-order valence-electron chi connectivity index (χ2n) is 10.4. The van der Waals surface area contributed by atoms with Crippen molar-refractivity contribution in [3.05, 3.63) is 12.2 Å². The highest BCUT2D eigenvalue weighted by atomic mass is 16.5. The van der Waals surface area contributed by atoms with Crippen LogP contribution in [0, 0.1) is 28.6 Å². The van der Waals surface area contributed by atoms with Crippen LogP contribution in [0.4, 0.5) is 0 Å². The molecule has 5 heteroatoms. The third-order valence-corrected chi connectivity index (χ3v) is 9.27. The van der Waals surface area contributed by atoms with Gasteiger partial charge in [-0.15, -0.1) is 0 Å². The highest BCUT2D eigenvalue weighted by Gasteiger charge is 2.79. The van der Waals surface area contributed by atoms with Crippen molar-refractivity contribution in [2.75, 3.05) is 19.7 Å². The van der Waals surface area contributed by atoms with E-state index < -0.39 is 11.6 Å². The van der Waals surface area contributed by atoms with E-state index in [1.807, 2.05) is 6.92 Å². The lowest BCUT2D eigenvalue weighted by molar-refractivity contribution is -0.178. The number of hydrogen-bond donors (Lipinski definition) is 1. The number of carbonyl (C=O) groups is 2. The van der Waals surface area contributed by atoms with Gasteiger partial charge in [-0.05, 0) is 50.4 Å². The lowest BCUT2D eigenvalue weighted by Gasteiger charge is -2.51. The van der Waals surface area contributed by atoms with Gasteiger partial charge in [-0.25, -0.2) is 0 Å². The van der Waals surface area contributed by atoms with Gasteiger partial charge < -0.3 is 9.84 Å². The monoisotopic (exact) mass is 387 g/mol. The average Bonchev–Trinajstić information content (AvgIpc) is 3.33. The van der Waals surface area contributed by atoms with E-state index in [-0.39, 0.29) is 35.1 Å². The topological polar surface area (TPSA) is 66.8 Å². The van der Waals surface area contributed by atoms with Crippen LogP contribution in [0.3, 0.4) is 0 Å². The summed E-state index contributed by atoms with van der Waals surface area (Å²) in [6, 6.07) is 0. The van der Waals surface area contributed by atoms with Gasteiger partial charge in [0.05, 0.1) is 0 Å². The van der Waals surface area contributed by atoms with Gasteiger partial charge in [-0.3, -0.25) is 14.5 Å². The van der Waals surface area contributed by atoms with Gasteiger partial charge in [-0.1, -0.05) is 26.0 Å². The number of esters is 1. The number of allylic oxidation sites excluding steroid dienone is 2. The Hall–Kier alpha value is -1.20. The number of ketones is 1. The van der Waals surface area contributed by atoms with Crippen molar-refractivity contribution in [1.82, 2.24) is 4.90 Å². The summed E-state index contributed by atoms with van der Waals surface area (Å²) in [4.78, 5) is 28.0. The van der Waals surface area contributed by atoms with E-state index in [1.165, 1.54) is 12.8 Å². The van der Waals surface area contributed by atoms with Gasteiger partial charge in [0.25, 0.3) is 0 Å². The van der Waals surface area contributed by atoms with Crippen LogP contribution in [0.15, 0.2) is 12.2 Å². The molecule has 3 aliphatic heterocycles. The molecule has 1 spiro atoms. The molecule has 3 heterocycles. The van der Waals surface area contributed by atoms with Gasteiger partial charge in [0.1, 0.15) is 11.6 Å². The molecule has 0 aromatic heterocycles. The van der Waals surface area contributed by atoms with Crippen LogP contribution in [0.1, 0.15) is 58.8 Å². The number of ether oxygens (including phenoxy) is 1. The first-order valence-electron chi connectivity index (χ1n) is 11.1. The van der Waals surface area contributed by atoms with Crippen molar-refractivity contribution in [3.63, 3.8) is 0 Å². The molecule has 5 rings (SSSR count). The highest BCUT2D eigenvalue weighted by molar-refractivity contribution is 5.95. The second-order valence-corrected chi connectivity index (χ2v) is 10.4. The van der Waals surface area contributed by atoms with Crippen LogP contribution in [0.25, 0.3) is 0 Å². The number of aliphatic hydroxyl groups is 1. The zero-order chi connectivity index (χ0) is 19.7. The fraction of sp³-hybridized carbons (Fsp3) is 0.826. The number of carbonyl (C=O) groups excluding carboxylic acids is 2. The van der Waals surface area contributed by atoms with Gasteiger partial charge >= 0.3 is 5.97 Å². The Kier molecular flexibility index (Phi) is 4.13. The molecule has 2 bridgehead atoms. The highest BCUT2D eigenvalue weighted by Crippen LogP contribution is 2.70. The molecule has 0 aromatic carbocycles. The molecular formula is C23H33NO4. The first-order chi connectivity index (χ1) is 13.4. The van der Waals surface area contributed by atoms with Crippen LogP contribution in [0.2, 0.25) is 0 Å². The van der Waals surface area contributed by atoms with Crippen LogP contribution >= 0.6 is 0 Å². The van der Waals surface area contributed by atoms with E-state index >= 15 is 0 Å². The quantitative estimate of drug-likeness (QED) is 0.593. The summed E-state index contributed by atoms with van der Waals surface area (Å²) in [6.45, 7) is 5.88. The fourth-order valence-electron chi connectivity index (χ4n) is 7.75. The molecular weight excluding hydrogens is 354 g/mol. The number of rotatable bonds is 4. The third kappa shape index (κ3) is 2.15. The minimum absolute atomic E-state index is 0.0316. The largest absolute Gasteiger partial charge is 0.459 e. The smallest absolute Gasteiger partial charge is 0.306 e. The number of fused-ring (bicyclic) bond motifs is 3. The molecule has 7 atom stereocenters. The summed E-state index contributed by atoms with van der Waals surface area (Å²) >= 11 is 0. The van der Waals surface area contributed by atoms with Crippen molar-refractivity contribution in [1.29, 1.82) is 0 Å². The molecule has 3 saturated heterocycles. The predicted molar refractivity (Wildman–Crippen MR) is 104 cm³/mol. The Bertz CT molecular complexity index is 734. The lowest BCUT2D eigenvalue weighted by atomic mass is 9.56. The van der Waals surface area contributed by atoms with E-state index in [2.05, 4.69) is 24.0 Å². The van der Waals surface area contributed by atoms with Gasteiger partial charge in [0.2, 0.25) is 0 Å². The Labute approximate surface area is 167 Å². The number of Topliss-reactive ketones (excluding diaryl/α,β-unsaturated/α-hetero) is 1. The SMILES string of the molecule is C[C@@H]1CN2C[C@@H](CC[C@@H]3C=CCC3)[C@]3(CO)C[C@@]2(C1=O)[C@H]1OC(=O)CC[C@]13C. The maximum Gasteiger partial charge on any atom is 0.306 e. The van der Waals surface area contributed by atoms with Crippen molar-refractivity contribution >= 4 is 11.8 Å². The summed E-state index contributed by atoms with van der Waals surface area (Å²) in [6.07, 6.45) is 10.6. The third-order valence-electron chi connectivity index (χ3n) is 9.27. The molecule has 5 aliphatic rings.